The fourth-order valence-electron chi connectivity index (χ4n) is 1.55. The van der Waals surface area contributed by atoms with Gasteiger partial charge in [-0.3, -0.25) is 14.5 Å². The molecule has 0 radical (unpaired) electrons. The zero-order valence-corrected chi connectivity index (χ0v) is 8.92. The third kappa shape index (κ3) is 2.52. The van der Waals surface area contributed by atoms with Crippen LogP contribution in [-0.4, -0.2) is 23.8 Å². The Morgan fingerprint density at radius 2 is 2.27 bits per heavy atom. The minimum Gasteiger partial charge on any atom is -0.282 e. The van der Waals surface area contributed by atoms with Gasteiger partial charge in [0, 0.05) is 18.5 Å². The lowest BCUT2D eigenvalue weighted by Crippen LogP contribution is -2.31. The number of imide groups is 1. The van der Waals surface area contributed by atoms with Gasteiger partial charge in [-0.25, -0.2) is 4.39 Å². The normalized spacial score (nSPS) is 16.1. The molecule has 4 heteroatoms. The summed E-state index contributed by atoms with van der Waals surface area (Å²) in [7, 11) is 0. The number of nitrogens with zero attached hydrogens (tertiary/aromatic N) is 1. The largest absolute Gasteiger partial charge is 0.282 e. The molecule has 0 aromatic carbocycles. The zero-order chi connectivity index (χ0) is 11.4. The van der Waals surface area contributed by atoms with E-state index >= 15 is 0 Å². The summed E-state index contributed by atoms with van der Waals surface area (Å²) in [5.74, 6) is -0.521. The summed E-state index contributed by atoms with van der Waals surface area (Å²) in [4.78, 5) is 23.4. The van der Waals surface area contributed by atoms with Crippen LogP contribution in [0.15, 0.2) is 23.0 Å². The third-order valence-corrected chi connectivity index (χ3v) is 2.45. The second kappa shape index (κ2) is 4.87. The highest BCUT2D eigenvalue weighted by molar-refractivity contribution is 6.00. The maximum atomic E-state index is 12.9. The topological polar surface area (TPSA) is 37.4 Å². The molecule has 0 atom stereocenters. The van der Waals surface area contributed by atoms with Crippen LogP contribution in [0.3, 0.4) is 0 Å². The van der Waals surface area contributed by atoms with Crippen molar-refractivity contribution in [3.8, 4) is 0 Å². The van der Waals surface area contributed by atoms with E-state index in [2.05, 4.69) is 0 Å². The Bertz CT molecular complexity index is 344. The van der Waals surface area contributed by atoms with E-state index in [9.17, 15) is 14.0 Å². The van der Waals surface area contributed by atoms with Crippen molar-refractivity contribution in [3.63, 3.8) is 0 Å². The minimum absolute atomic E-state index is 0.210. The Hall–Kier alpha value is -1.45. The number of hydrogen-bond acceptors (Lipinski definition) is 2. The molecule has 0 aliphatic heterocycles. The Morgan fingerprint density at radius 3 is 2.73 bits per heavy atom. The van der Waals surface area contributed by atoms with Gasteiger partial charge in [-0.2, -0.15) is 0 Å². The van der Waals surface area contributed by atoms with Gasteiger partial charge >= 0.3 is 0 Å². The standard InChI is InChI=1S/C11H14FNO2/c1-3-13(7-14)11(15)10-5-4-9(12)6-8(10)2/h6-7H,3-5H2,1-2H3. The average Bonchev–Trinajstić information content (AvgIpc) is 2.19. The molecule has 0 N–H and O–H groups in total. The van der Waals surface area contributed by atoms with Gasteiger partial charge in [0.15, 0.2) is 0 Å². The van der Waals surface area contributed by atoms with E-state index in [1.165, 1.54) is 6.08 Å². The van der Waals surface area contributed by atoms with Gasteiger partial charge in [-0.1, -0.05) is 0 Å². The van der Waals surface area contributed by atoms with E-state index in [0.29, 0.717) is 30.5 Å². The molecule has 1 aliphatic carbocycles. The van der Waals surface area contributed by atoms with Gasteiger partial charge in [0.1, 0.15) is 5.83 Å². The van der Waals surface area contributed by atoms with Gasteiger partial charge in [-0.05, 0) is 31.9 Å². The van der Waals surface area contributed by atoms with Gasteiger partial charge < -0.3 is 0 Å². The van der Waals surface area contributed by atoms with Crippen LogP contribution in [0, 0.1) is 0 Å². The second-order valence-electron chi connectivity index (χ2n) is 3.45. The predicted molar refractivity (Wildman–Crippen MR) is 54.6 cm³/mol. The van der Waals surface area contributed by atoms with Crippen LogP contribution in [0.4, 0.5) is 4.39 Å². The molecule has 0 heterocycles. The van der Waals surface area contributed by atoms with Crippen LogP contribution >= 0.6 is 0 Å². The lowest BCUT2D eigenvalue weighted by atomic mass is 9.97. The fraction of sp³-hybridized carbons (Fsp3) is 0.455. The molecule has 1 rings (SSSR count). The van der Waals surface area contributed by atoms with Gasteiger partial charge in [0.2, 0.25) is 6.41 Å². The first kappa shape index (κ1) is 11.6. The van der Waals surface area contributed by atoms with Crippen molar-refractivity contribution in [1.29, 1.82) is 0 Å². The second-order valence-corrected chi connectivity index (χ2v) is 3.45. The molecule has 3 nitrogen and oxygen atoms in total. The number of allylic oxidation sites excluding steroid dienone is 3. The maximum absolute atomic E-state index is 12.9. The van der Waals surface area contributed by atoms with E-state index < -0.39 is 0 Å². The number of carbonyl (C=O) groups is 2. The van der Waals surface area contributed by atoms with Crippen molar-refractivity contribution in [2.24, 2.45) is 0 Å². The highest BCUT2D eigenvalue weighted by Gasteiger charge is 2.21. The van der Waals surface area contributed by atoms with Crippen LogP contribution in [-0.2, 0) is 9.59 Å². The van der Waals surface area contributed by atoms with Crippen molar-refractivity contribution < 1.29 is 14.0 Å². The van der Waals surface area contributed by atoms with Crippen LogP contribution < -0.4 is 0 Å². The number of likely N-dealkylation sites (N-methyl/N-ethyl adjacent to an activating group) is 1. The Kier molecular flexibility index (Phi) is 3.77. The summed E-state index contributed by atoms with van der Waals surface area (Å²) in [6.07, 6.45) is 2.48. The molecule has 0 spiro atoms. The monoisotopic (exact) mass is 211 g/mol. The summed E-state index contributed by atoms with van der Waals surface area (Å²) in [5.41, 5.74) is 1.15. The molecule has 0 unspecified atom stereocenters. The summed E-state index contributed by atoms with van der Waals surface area (Å²) < 4.78 is 12.9. The zero-order valence-electron chi connectivity index (χ0n) is 8.92. The van der Waals surface area contributed by atoms with Crippen LogP contribution in [0.1, 0.15) is 26.7 Å². The molecule has 0 saturated heterocycles. The number of amides is 2. The van der Waals surface area contributed by atoms with E-state index in [0.717, 1.165) is 4.90 Å². The summed E-state index contributed by atoms with van der Waals surface area (Å²) in [5, 5.41) is 0. The molecule has 0 bridgehead atoms. The van der Waals surface area contributed by atoms with Crippen LogP contribution in [0.2, 0.25) is 0 Å². The van der Waals surface area contributed by atoms with Gasteiger partial charge in [-0.15, -0.1) is 0 Å². The lowest BCUT2D eigenvalue weighted by molar-refractivity contribution is -0.135. The van der Waals surface area contributed by atoms with E-state index in [1.54, 1.807) is 13.8 Å². The van der Waals surface area contributed by atoms with Crippen molar-refractivity contribution in [2.45, 2.75) is 26.7 Å². The maximum Gasteiger partial charge on any atom is 0.256 e. The first-order valence-electron chi connectivity index (χ1n) is 4.92. The van der Waals surface area contributed by atoms with E-state index in [-0.39, 0.29) is 18.2 Å². The number of halogens is 1. The van der Waals surface area contributed by atoms with Crippen molar-refractivity contribution in [3.05, 3.63) is 23.0 Å². The number of rotatable bonds is 3. The first-order valence-corrected chi connectivity index (χ1v) is 4.92. The first-order chi connectivity index (χ1) is 7.10. The molecular weight excluding hydrogens is 197 g/mol. The van der Waals surface area contributed by atoms with Crippen LogP contribution in [0.25, 0.3) is 0 Å². The summed E-state index contributed by atoms with van der Waals surface area (Å²) >= 11 is 0. The average molecular weight is 211 g/mol. The third-order valence-electron chi connectivity index (χ3n) is 2.45. The molecule has 82 valence electrons. The lowest BCUT2D eigenvalue weighted by Gasteiger charge is -2.18. The molecule has 1 aliphatic rings. The SMILES string of the molecule is CCN(C=O)C(=O)C1=C(C)C=C(F)CC1. The molecule has 0 fully saturated rings. The molecule has 2 amide bonds. The molecule has 15 heavy (non-hydrogen) atoms. The molecule has 0 saturated carbocycles. The van der Waals surface area contributed by atoms with Gasteiger partial charge in [0.25, 0.3) is 5.91 Å². The highest BCUT2D eigenvalue weighted by atomic mass is 19.1. The van der Waals surface area contributed by atoms with Crippen molar-refractivity contribution in [2.75, 3.05) is 6.54 Å². The molecule has 0 aromatic heterocycles. The Balaban J connectivity index is 2.93. The smallest absolute Gasteiger partial charge is 0.256 e. The Labute approximate surface area is 88.3 Å². The van der Waals surface area contributed by atoms with Crippen LogP contribution in [0.5, 0.6) is 0 Å². The molecule has 0 aromatic rings. The highest BCUT2D eigenvalue weighted by Crippen LogP contribution is 2.25. The number of hydrogen-bond donors (Lipinski definition) is 0. The quantitative estimate of drug-likeness (QED) is 0.669. The number of carbonyl (C=O) groups excluding carboxylic acids is 2. The van der Waals surface area contributed by atoms with E-state index in [1.807, 2.05) is 0 Å². The van der Waals surface area contributed by atoms with Crippen molar-refractivity contribution >= 4 is 12.3 Å². The summed E-state index contributed by atoms with van der Waals surface area (Å²) in [6, 6.07) is 0. The van der Waals surface area contributed by atoms with E-state index in [4.69, 9.17) is 0 Å². The fourth-order valence-corrected chi connectivity index (χ4v) is 1.55. The predicted octanol–water partition coefficient (Wildman–Crippen LogP) is 1.96. The van der Waals surface area contributed by atoms with Crippen molar-refractivity contribution in [1.82, 2.24) is 4.90 Å². The van der Waals surface area contributed by atoms with Gasteiger partial charge in [0.05, 0.1) is 0 Å². The minimum atomic E-state index is -0.311. The molecular formula is C11H14FNO2. The Morgan fingerprint density at radius 1 is 1.60 bits per heavy atom. The summed E-state index contributed by atoms with van der Waals surface area (Å²) in [6.45, 7) is 3.75.